The van der Waals surface area contributed by atoms with Crippen LogP contribution in [-0.2, 0) is 27.0 Å². The van der Waals surface area contributed by atoms with E-state index in [1.165, 1.54) is 25.2 Å². The number of nitrogens with zero attached hydrogens (tertiary/aromatic N) is 2. The van der Waals surface area contributed by atoms with Gasteiger partial charge in [-0.2, -0.15) is 13.2 Å². The number of ether oxygens (including phenoxy) is 3. The number of aromatic carboxylic acids is 1. The summed E-state index contributed by atoms with van der Waals surface area (Å²) in [6.45, 7) is 1.47. The van der Waals surface area contributed by atoms with Crippen molar-refractivity contribution in [3.05, 3.63) is 52.8 Å². The number of hydrogen-bond donors (Lipinski definition) is 1. The summed E-state index contributed by atoms with van der Waals surface area (Å²) < 4.78 is 102. The van der Waals surface area contributed by atoms with Crippen LogP contribution in [0.1, 0.15) is 66.9 Å². The third-order valence-electron chi connectivity index (χ3n) is 8.67. The molecule has 0 unspecified atom stereocenters. The predicted octanol–water partition coefficient (Wildman–Crippen LogP) is 7.39. The Bertz CT molecular complexity index is 1410. The van der Waals surface area contributed by atoms with E-state index in [0.717, 1.165) is 42.0 Å². The summed E-state index contributed by atoms with van der Waals surface area (Å²) >= 11 is 0. The maximum atomic E-state index is 15.7. The number of carboxylic acid groups (broad SMARTS) is 1. The van der Waals surface area contributed by atoms with Gasteiger partial charge in [-0.25, -0.2) is 18.0 Å². The van der Waals surface area contributed by atoms with Gasteiger partial charge in [0.1, 0.15) is 5.75 Å². The molecule has 0 aromatic heterocycles. The second-order valence-electron chi connectivity index (χ2n) is 12.4. The topological polar surface area (TPSA) is 88.5 Å². The van der Waals surface area contributed by atoms with Gasteiger partial charge < -0.3 is 24.2 Å². The van der Waals surface area contributed by atoms with Gasteiger partial charge in [0.15, 0.2) is 11.6 Å². The average molecular weight is 675 g/mol. The Hall–Kier alpha value is -3.36. The smallest absolute Gasteiger partial charge is 0.419 e. The molecule has 1 amide bonds. The highest BCUT2D eigenvalue weighted by atomic mass is 19.4. The van der Waals surface area contributed by atoms with E-state index >= 15 is 4.39 Å². The Morgan fingerprint density at radius 2 is 1.70 bits per heavy atom. The molecule has 47 heavy (non-hydrogen) atoms. The fraction of sp³-hybridized carbons (Fsp3) is 0.576. The molecule has 1 saturated heterocycles. The third kappa shape index (κ3) is 9.17. The SMILES string of the molecule is COCC(COC)N(C(=O)C1CCC(C)CC1)c1cc(F)c(Oc2ccc(CN3CCCC(F)(F)C3)cc2C(F)(F)F)cc1C(=O)O. The van der Waals surface area contributed by atoms with Crippen LogP contribution in [0, 0.1) is 17.7 Å². The summed E-state index contributed by atoms with van der Waals surface area (Å²) in [5.41, 5.74) is -2.08. The molecule has 0 radical (unpaired) electrons. The molecule has 14 heteroatoms. The number of carboxylic acids is 1. The second kappa shape index (κ2) is 15.2. The lowest BCUT2D eigenvalue weighted by molar-refractivity contribution is -0.138. The molecule has 4 rings (SSSR count). The molecule has 1 heterocycles. The number of benzene rings is 2. The van der Waals surface area contributed by atoms with Crippen molar-refractivity contribution < 1.29 is 55.2 Å². The minimum Gasteiger partial charge on any atom is -0.478 e. The van der Waals surface area contributed by atoms with Crippen LogP contribution in [0.2, 0.25) is 0 Å². The minimum absolute atomic E-state index is 0.0714. The Morgan fingerprint density at radius 1 is 1.04 bits per heavy atom. The van der Waals surface area contributed by atoms with Gasteiger partial charge in [0.25, 0.3) is 5.92 Å². The number of anilines is 1. The minimum atomic E-state index is -4.97. The van der Waals surface area contributed by atoms with Crippen LogP contribution in [0.15, 0.2) is 30.3 Å². The van der Waals surface area contributed by atoms with Crippen molar-refractivity contribution >= 4 is 17.6 Å². The third-order valence-corrected chi connectivity index (χ3v) is 8.67. The number of amides is 1. The van der Waals surface area contributed by atoms with Gasteiger partial charge in [-0.15, -0.1) is 0 Å². The van der Waals surface area contributed by atoms with Crippen LogP contribution in [0.5, 0.6) is 11.5 Å². The van der Waals surface area contributed by atoms with Gasteiger partial charge in [0, 0.05) is 45.2 Å². The highest BCUT2D eigenvalue weighted by Gasteiger charge is 2.39. The monoisotopic (exact) mass is 674 g/mol. The van der Waals surface area contributed by atoms with Crippen molar-refractivity contribution in [3.8, 4) is 11.5 Å². The maximum absolute atomic E-state index is 15.7. The van der Waals surface area contributed by atoms with Crippen LogP contribution >= 0.6 is 0 Å². The van der Waals surface area contributed by atoms with E-state index in [0.29, 0.717) is 25.3 Å². The fourth-order valence-corrected chi connectivity index (χ4v) is 6.32. The van der Waals surface area contributed by atoms with Gasteiger partial charge in [-0.3, -0.25) is 9.69 Å². The van der Waals surface area contributed by atoms with E-state index in [1.807, 2.05) is 0 Å². The molecule has 0 bridgehead atoms. The first kappa shape index (κ1) is 36.5. The number of carbonyl (C=O) groups is 2. The Balaban J connectivity index is 1.71. The number of hydrogen-bond acceptors (Lipinski definition) is 6. The average Bonchev–Trinajstić information content (AvgIpc) is 2.98. The number of halogens is 6. The first-order valence-corrected chi connectivity index (χ1v) is 15.5. The van der Waals surface area contributed by atoms with Crippen LogP contribution in [0.4, 0.5) is 32.0 Å². The summed E-state index contributed by atoms with van der Waals surface area (Å²) in [5.74, 6) is -7.83. The quantitative estimate of drug-likeness (QED) is 0.235. The zero-order chi connectivity index (χ0) is 34.5. The maximum Gasteiger partial charge on any atom is 0.419 e. The van der Waals surface area contributed by atoms with Crippen LogP contribution in [-0.4, -0.2) is 74.4 Å². The van der Waals surface area contributed by atoms with Crippen molar-refractivity contribution in [3.63, 3.8) is 0 Å². The fourth-order valence-electron chi connectivity index (χ4n) is 6.32. The van der Waals surface area contributed by atoms with E-state index in [9.17, 15) is 36.6 Å². The molecule has 2 aliphatic rings. The van der Waals surface area contributed by atoms with E-state index in [1.54, 1.807) is 0 Å². The molecule has 2 aromatic carbocycles. The van der Waals surface area contributed by atoms with Crippen molar-refractivity contribution in [2.45, 2.75) is 70.1 Å². The zero-order valence-corrected chi connectivity index (χ0v) is 26.5. The second-order valence-corrected chi connectivity index (χ2v) is 12.4. The first-order chi connectivity index (χ1) is 22.1. The Morgan fingerprint density at radius 3 is 2.28 bits per heavy atom. The lowest BCUT2D eigenvalue weighted by Crippen LogP contribution is -2.49. The highest BCUT2D eigenvalue weighted by Crippen LogP contribution is 2.42. The van der Waals surface area contributed by atoms with Crippen LogP contribution in [0.3, 0.4) is 0 Å². The summed E-state index contributed by atoms with van der Waals surface area (Å²) in [6.07, 6.45) is -2.42. The van der Waals surface area contributed by atoms with Gasteiger partial charge in [0.05, 0.1) is 42.6 Å². The lowest BCUT2D eigenvalue weighted by atomic mass is 9.82. The summed E-state index contributed by atoms with van der Waals surface area (Å²) in [7, 11) is 2.77. The van der Waals surface area contributed by atoms with Gasteiger partial charge in [0.2, 0.25) is 5.91 Å². The standard InChI is InChI=1S/C33H40F6N2O6/c1-20-5-8-22(9-6-20)30(42)41(23(17-45-2)18-46-3)27-15-26(34)29(14-24(27)31(43)44)47-28-10-7-21(13-25(28)33(37,38)39)16-40-12-4-11-32(35,36)19-40/h7,10,13-15,20,22-23H,4-6,8-9,11-12,16-19H2,1-3H3,(H,43,44). The highest BCUT2D eigenvalue weighted by molar-refractivity contribution is 6.03. The first-order valence-electron chi connectivity index (χ1n) is 15.5. The molecule has 0 spiro atoms. The van der Waals surface area contributed by atoms with E-state index in [2.05, 4.69) is 6.92 Å². The number of alkyl halides is 5. The van der Waals surface area contributed by atoms with E-state index in [4.69, 9.17) is 14.2 Å². The number of piperidine rings is 1. The normalized spacial score (nSPS) is 20.3. The largest absolute Gasteiger partial charge is 0.478 e. The molecule has 1 aliphatic carbocycles. The number of rotatable bonds is 12. The van der Waals surface area contributed by atoms with E-state index in [-0.39, 0.29) is 43.9 Å². The molecule has 2 aromatic rings. The van der Waals surface area contributed by atoms with Gasteiger partial charge in [-0.05, 0) is 62.3 Å². The molecular formula is C33H40F6N2O6. The summed E-state index contributed by atoms with van der Waals surface area (Å²) in [5, 5.41) is 10.2. The van der Waals surface area contributed by atoms with Crippen molar-refractivity contribution in [2.24, 2.45) is 11.8 Å². The van der Waals surface area contributed by atoms with Gasteiger partial charge >= 0.3 is 12.1 Å². The molecule has 2 fully saturated rings. The number of likely N-dealkylation sites (tertiary alicyclic amines) is 1. The molecule has 1 saturated carbocycles. The van der Waals surface area contributed by atoms with Crippen molar-refractivity contribution in [1.29, 1.82) is 0 Å². The van der Waals surface area contributed by atoms with Crippen LogP contribution in [0.25, 0.3) is 0 Å². The number of carbonyl (C=O) groups excluding carboxylic acids is 1. The molecule has 1 aliphatic heterocycles. The van der Waals surface area contributed by atoms with E-state index < -0.39 is 70.9 Å². The Labute approximate surface area is 269 Å². The van der Waals surface area contributed by atoms with Gasteiger partial charge in [-0.1, -0.05) is 13.0 Å². The molecule has 1 N–H and O–H groups in total. The molecule has 0 atom stereocenters. The molecule has 260 valence electrons. The zero-order valence-electron chi connectivity index (χ0n) is 26.5. The molecule has 8 nitrogen and oxygen atoms in total. The Kier molecular flexibility index (Phi) is 11.8. The number of methoxy groups -OCH3 is 2. The summed E-state index contributed by atoms with van der Waals surface area (Å²) in [4.78, 5) is 29.0. The summed E-state index contributed by atoms with van der Waals surface area (Å²) in [6, 6.07) is 3.62. The van der Waals surface area contributed by atoms with Crippen molar-refractivity contribution in [2.75, 3.05) is 45.4 Å². The van der Waals surface area contributed by atoms with Crippen LogP contribution < -0.4 is 9.64 Å². The predicted molar refractivity (Wildman–Crippen MR) is 160 cm³/mol. The lowest BCUT2D eigenvalue weighted by Gasteiger charge is -2.36. The van der Waals surface area contributed by atoms with Crippen molar-refractivity contribution in [1.82, 2.24) is 4.90 Å². The molecular weight excluding hydrogens is 634 g/mol.